The minimum Gasteiger partial charge on any atom is -0.481 e. The highest BCUT2D eigenvalue weighted by atomic mass is 35.7. The molecule has 2 aromatic rings. The Morgan fingerprint density at radius 1 is 1.40 bits per heavy atom. The van der Waals surface area contributed by atoms with Crippen molar-refractivity contribution in [1.82, 2.24) is 10.1 Å². The maximum absolute atomic E-state index is 13.6. The molecule has 0 fully saturated rings. The number of halogens is 3. The predicted molar refractivity (Wildman–Crippen MR) is 62.8 cm³/mol. The van der Waals surface area contributed by atoms with E-state index in [2.05, 4.69) is 14.7 Å². The van der Waals surface area contributed by atoms with Crippen molar-refractivity contribution in [2.45, 2.75) is 18.4 Å². The van der Waals surface area contributed by atoms with E-state index in [0.717, 1.165) is 0 Å². The van der Waals surface area contributed by atoms with Gasteiger partial charge < -0.3 is 9.26 Å². The van der Waals surface area contributed by atoms with Crippen molar-refractivity contribution in [2.24, 2.45) is 0 Å². The Kier molecular flexibility index (Phi) is 3.91. The minimum atomic E-state index is -4.37. The number of aromatic nitrogens is 2. The van der Waals surface area contributed by atoms with Crippen LogP contribution in [0.3, 0.4) is 0 Å². The lowest BCUT2D eigenvalue weighted by Gasteiger charge is -2.09. The van der Waals surface area contributed by atoms with Gasteiger partial charge in [-0.2, -0.15) is 4.98 Å². The van der Waals surface area contributed by atoms with Gasteiger partial charge in [-0.15, -0.1) is 0 Å². The molecule has 0 radical (unpaired) electrons. The first-order valence-corrected chi connectivity index (χ1v) is 7.44. The van der Waals surface area contributed by atoms with Crippen LogP contribution in [0.4, 0.5) is 8.78 Å². The second kappa shape index (κ2) is 5.33. The first-order valence-electron chi connectivity index (χ1n) is 5.13. The summed E-state index contributed by atoms with van der Waals surface area (Å²) in [5, 5.41) is 3.48. The third kappa shape index (κ3) is 3.23. The third-order valence-electron chi connectivity index (χ3n) is 2.15. The van der Waals surface area contributed by atoms with Gasteiger partial charge in [0.15, 0.2) is 18.2 Å². The summed E-state index contributed by atoms with van der Waals surface area (Å²) in [7, 11) is 0.728. The number of rotatable bonds is 4. The highest BCUT2D eigenvalue weighted by Gasteiger charge is 2.23. The molecule has 0 aliphatic carbocycles. The lowest BCUT2D eigenvalue weighted by atomic mass is 10.3. The Morgan fingerprint density at radius 2 is 2.10 bits per heavy atom. The highest BCUT2D eigenvalue weighted by Crippen LogP contribution is 2.31. The average molecular weight is 325 g/mol. The standard InChI is InChI=1S/C10H7ClF2N2O4S/c1-5-14-9(15-19-5)4-18-10-7(13)2-6(12)3-8(10)20(11,16)17/h2-3H,4H2,1H3. The topological polar surface area (TPSA) is 82.3 Å². The molecule has 0 atom stereocenters. The van der Waals surface area contributed by atoms with E-state index >= 15 is 0 Å². The molecule has 0 spiro atoms. The zero-order valence-electron chi connectivity index (χ0n) is 9.93. The first kappa shape index (κ1) is 14.7. The van der Waals surface area contributed by atoms with Crippen molar-refractivity contribution in [2.75, 3.05) is 0 Å². The van der Waals surface area contributed by atoms with Gasteiger partial charge >= 0.3 is 0 Å². The molecule has 6 nitrogen and oxygen atoms in total. The van der Waals surface area contributed by atoms with Crippen molar-refractivity contribution in [3.8, 4) is 5.75 Å². The normalized spacial score (nSPS) is 11.6. The van der Waals surface area contributed by atoms with Crippen molar-refractivity contribution < 1.29 is 26.5 Å². The largest absolute Gasteiger partial charge is 0.481 e. The van der Waals surface area contributed by atoms with E-state index in [-0.39, 0.29) is 18.3 Å². The Morgan fingerprint density at radius 3 is 2.65 bits per heavy atom. The fourth-order valence-corrected chi connectivity index (χ4v) is 2.37. The Balaban J connectivity index is 2.35. The average Bonchev–Trinajstić information content (AvgIpc) is 2.72. The summed E-state index contributed by atoms with van der Waals surface area (Å²) >= 11 is 0. The maximum atomic E-state index is 13.6. The number of hydrogen-bond donors (Lipinski definition) is 0. The van der Waals surface area contributed by atoms with E-state index in [1.165, 1.54) is 6.92 Å². The lowest BCUT2D eigenvalue weighted by molar-refractivity contribution is 0.264. The summed E-state index contributed by atoms with van der Waals surface area (Å²) < 4.78 is 58.8. The fraction of sp³-hybridized carbons (Fsp3) is 0.200. The van der Waals surface area contributed by atoms with Crippen LogP contribution in [-0.4, -0.2) is 18.6 Å². The van der Waals surface area contributed by atoms with E-state index in [1.54, 1.807) is 0 Å². The summed E-state index contributed by atoms with van der Waals surface area (Å²) in [6.45, 7) is 1.17. The van der Waals surface area contributed by atoms with Crippen molar-refractivity contribution in [1.29, 1.82) is 0 Å². The fourth-order valence-electron chi connectivity index (χ4n) is 1.39. The summed E-state index contributed by atoms with van der Waals surface area (Å²) in [4.78, 5) is 2.97. The quantitative estimate of drug-likeness (QED) is 0.802. The van der Waals surface area contributed by atoms with E-state index in [0.29, 0.717) is 12.1 Å². The van der Waals surface area contributed by atoms with Gasteiger partial charge in [0.25, 0.3) is 9.05 Å². The van der Waals surface area contributed by atoms with Crippen LogP contribution in [0.1, 0.15) is 11.7 Å². The molecule has 0 bridgehead atoms. The molecule has 0 aliphatic rings. The molecule has 1 aromatic carbocycles. The molecule has 0 unspecified atom stereocenters. The van der Waals surface area contributed by atoms with Crippen molar-refractivity contribution >= 4 is 19.7 Å². The van der Waals surface area contributed by atoms with Crippen LogP contribution in [0, 0.1) is 18.6 Å². The van der Waals surface area contributed by atoms with Crippen molar-refractivity contribution in [3.63, 3.8) is 0 Å². The molecule has 0 aliphatic heterocycles. The second-order valence-corrected chi connectivity index (χ2v) is 6.21. The lowest BCUT2D eigenvalue weighted by Crippen LogP contribution is -2.05. The molecule has 108 valence electrons. The van der Waals surface area contributed by atoms with Crippen molar-refractivity contribution in [3.05, 3.63) is 35.5 Å². The van der Waals surface area contributed by atoms with Crippen LogP contribution >= 0.6 is 10.7 Å². The SMILES string of the molecule is Cc1nc(COc2c(F)cc(F)cc2S(=O)(=O)Cl)no1. The van der Waals surface area contributed by atoms with Gasteiger partial charge in [-0.3, -0.25) is 0 Å². The zero-order valence-corrected chi connectivity index (χ0v) is 11.5. The van der Waals surface area contributed by atoms with Gasteiger partial charge in [0, 0.05) is 23.7 Å². The molecule has 1 heterocycles. The van der Waals surface area contributed by atoms with Crippen LogP contribution in [0.5, 0.6) is 5.75 Å². The van der Waals surface area contributed by atoms with Crippen LogP contribution in [0.25, 0.3) is 0 Å². The molecule has 20 heavy (non-hydrogen) atoms. The van der Waals surface area contributed by atoms with Gasteiger partial charge in [0.2, 0.25) is 11.7 Å². The molecule has 0 amide bonds. The Labute approximate surface area is 116 Å². The molecule has 2 rings (SSSR count). The van der Waals surface area contributed by atoms with E-state index < -0.39 is 31.3 Å². The number of ether oxygens (including phenoxy) is 1. The molecule has 0 saturated heterocycles. The third-order valence-corrected chi connectivity index (χ3v) is 3.48. The van der Waals surface area contributed by atoms with Crippen LogP contribution in [0.2, 0.25) is 0 Å². The smallest absolute Gasteiger partial charge is 0.265 e. The molecular weight excluding hydrogens is 318 g/mol. The van der Waals surface area contributed by atoms with Crippen LogP contribution in [-0.2, 0) is 15.7 Å². The van der Waals surface area contributed by atoms with Gasteiger partial charge in [-0.1, -0.05) is 5.16 Å². The van der Waals surface area contributed by atoms with Crippen LogP contribution < -0.4 is 4.74 Å². The van der Waals surface area contributed by atoms with Gasteiger partial charge in [0.1, 0.15) is 10.7 Å². The monoisotopic (exact) mass is 324 g/mol. The second-order valence-electron chi connectivity index (χ2n) is 3.67. The molecule has 0 saturated carbocycles. The van der Waals surface area contributed by atoms with E-state index in [9.17, 15) is 17.2 Å². The number of benzene rings is 1. The minimum absolute atomic E-state index is 0.0733. The number of hydrogen-bond acceptors (Lipinski definition) is 6. The Hall–Kier alpha value is -1.74. The maximum Gasteiger partial charge on any atom is 0.265 e. The molecule has 0 N–H and O–H groups in total. The number of aryl methyl sites for hydroxylation is 1. The van der Waals surface area contributed by atoms with E-state index in [1.807, 2.05) is 0 Å². The summed E-state index contributed by atoms with van der Waals surface area (Å²) in [5.74, 6) is -2.67. The Bertz CT molecular complexity index is 748. The predicted octanol–water partition coefficient (Wildman–Crippen LogP) is 2.16. The van der Waals surface area contributed by atoms with Gasteiger partial charge in [0.05, 0.1) is 0 Å². The highest BCUT2D eigenvalue weighted by molar-refractivity contribution is 8.13. The summed E-state index contributed by atoms with van der Waals surface area (Å²) in [6, 6.07) is 1.03. The van der Waals surface area contributed by atoms with E-state index in [4.69, 9.17) is 15.4 Å². The first-order chi connectivity index (χ1) is 9.27. The summed E-state index contributed by atoms with van der Waals surface area (Å²) in [6.07, 6.45) is 0. The summed E-state index contributed by atoms with van der Waals surface area (Å²) in [5.41, 5.74) is 0. The molecular formula is C10H7ClF2N2O4S. The zero-order chi connectivity index (χ0) is 14.9. The number of nitrogens with zero attached hydrogens (tertiary/aromatic N) is 2. The van der Waals surface area contributed by atoms with Crippen LogP contribution in [0.15, 0.2) is 21.6 Å². The van der Waals surface area contributed by atoms with Gasteiger partial charge in [-0.05, 0) is 6.07 Å². The molecule has 1 aromatic heterocycles. The van der Waals surface area contributed by atoms with Gasteiger partial charge in [-0.25, -0.2) is 17.2 Å². The molecule has 10 heteroatoms.